The standard InChI is InChI=1S/C6H6N6.ClH/c1-3-11(5-7-1)9-10-12-4-2-8-6-12;/h1-6H;1H. The van der Waals surface area contributed by atoms with Gasteiger partial charge >= 0.3 is 0 Å². The molecule has 7 heteroatoms. The van der Waals surface area contributed by atoms with E-state index in [0.717, 1.165) is 0 Å². The molecule has 13 heavy (non-hydrogen) atoms. The Balaban J connectivity index is 0.000000845. The fourth-order valence-electron chi connectivity index (χ4n) is 0.702. The Morgan fingerprint density at radius 2 is 1.31 bits per heavy atom. The van der Waals surface area contributed by atoms with E-state index in [1.165, 1.54) is 9.35 Å². The molecule has 2 heterocycles. The molecule has 2 aromatic heterocycles. The number of halogens is 1. The highest BCUT2D eigenvalue weighted by Crippen LogP contribution is 1.89. The number of nitrogens with zero attached hydrogens (tertiary/aromatic N) is 6. The summed E-state index contributed by atoms with van der Waals surface area (Å²) in [5.41, 5.74) is 0. The van der Waals surface area contributed by atoms with Crippen LogP contribution in [0.5, 0.6) is 0 Å². The van der Waals surface area contributed by atoms with Gasteiger partial charge in [-0.15, -0.1) is 12.4 Å². The molecule has 0 bridgehead atoms. The van der Waals surface area contributed by atoms with Gasteiger partial charge in [0.15, 0.2) is 0 Å². The third-order valence-corrected chi connectivity index (χ3v) is 1.23. The van der Waals surface area contributed by atoms with Gasteiger partial charge in [0, 0.05) is 12.4 Å². The molecule has 0 amide bonds. The fraction of sp³-hybridized carbons (Fsp3) is 0. The topological polar surface area (TPSA) is 60.4 Å². The quantitative estimate of drug-likeness (QED) is 0.681. The third-order valence-electron chi connectivity index (χ3n) is 1.23. The van der Waals surface area contributed by atoms with Gasteiger partial charge in [-0.2, -0.15) is 0 Å². The van der Waals surface area contributed by atoms with Crippen molar-refractivity contribution in [3.05, 3.63) is 37.4 Å². The van der Waals surface area contributed by atoms with E-state index in [2.05, 4.69) is 20.4 Å². The van der Waals surface area contributed by atoms with Crippen molar-refractivity contribution in [2.45, 2.75) is 0 Å². The van der Waals surface area contributed by atoms with Crippen molar-refractivity contribution in [1.82, 2.24) is 19.3 Å². The van der Waals surface area contributed by atoms with Crippen LogP contribution in [-0.2, 0) is 0 Å². The first-order valence-electron chi connectivity index (χ1n) is 3.33. The normalized spacial score (nSPS) is 10.2. The van der Waals surface area contributed by atoms with Gasteiger partial charge in [0.2, 0.25) is 0 Å². The van der Waals surface area contributed by atoms with Crippen LogP contribution in [-0.4, -0.2) is 19.3 Å². The molecule has 2 rings (SSSR count). The molecule has 0 spiro atoms. The summed E-state index contributed by atoms with van der Waals surface area (Å²) < 4.78 is 3.00. The molecule has 2 aromatic rings. The van der Waals surface area contributed by atoms with E-state index in [0.29, 0.717) is 0 Å². The Hall–Kier alpha value is -1.69. The van der Waals surface area contributed by atoms with Crippen LogP contribution in [0, 0.1) is 0 Å². The number of imidazole rings is 2. The maximum absolute atomic E-state index is 3.81. The molecule has 6 nitrogen and oxygen atoms in total. The average molecular weight is 199 g/mol. The van der Waals surface area contributed by atoms with Crippen molar-refractivity contribution in [2.24, 2.45) is 10.4 Å². The molecule has 0 aliphatic rings. The highest BCUT2D eigenvalue weighted by molar-refractivity contribution is 5.85. The number of hydrogen-bond acceptors (Lipinski definition) is 4. The molecular formula is C6H7ClN6. The summed E-state index contributed by atoms with van der Waals surface area (Å²) >= 11 is 0. The lowest BCUT2D eigenvalue weighted by atomic mass is 11.0. The van der Waals surface area contributed by atoms with Crippen molar-refractivity contribution >= 4 is 12.4 Å². The minimum Gasteiger partial charge on any atom is -0.243 e. The first kappa shape index (κ1) is 9.40. The molecule has 0 unspecified atom stereocenters. The van der Waals surface area contributed by atoms with Gasteiger partial charge in [-0.25, -0.2) is 19.3 Å². The van der Waals surface area contributed by atoms with Gasteiger partial charge in [0.05, 0.1) is 12.4 Å². The number of hydrogen-bond donors (Lipinski definition) is 0. The zero-order chi connectivity index (χ0) is 8.23. The summed E-state index contributed by atoms with van der Waals surface area (Å²) in [6.45, 7) is 0. The number of aromatic nitrogens is 4. The van der Waals surface area contributed by atoms with Crippen molar-refractivity contribution in [3.63, 3.8) is 0 Å². The summed E-state index contributed by atoms with van der Waals surface area (Å²) in [7, 11) is 0. The summed E-state index contributed by atoms with van der Waals surface area (Å²) in [5, 5.41) is 7.62. The lowest BCUT2D eigenvalue weighted by Crippen LogP contribution is -1.85. The van der Waals surface area contributed by atoms with Gasteiger partial charge in [0.1, 0.15) is 12.7 Å². The molecule has 0 aliphatic heterocycles. The largest absolute Gasteiger partial charge is 0.243 e. The van der Waals surface area contributed by atoms with Gasteiger partial charge in [-0.3, -0.25) is 0 Å². The van der Waals surface area contributed by atoms with E-state index in [1.54, 1.807) is 37.4 Å². The highest BCUT2D eigenvalue weighted by atomic mass is 35.5. The lowest BCUT2D eigenvalue weighted by molar-refractivity contribution is 0.685. The molecule has 0 saturated heterocycles. The summed E-state index contributed by atoms with van der Waals surface area (Å²) in [5.74, 6) is 0. The molecule has 0 fully saturated rings. The van der Waals surface area contributed by atoms with E-state index < -0.39 is 0 Å². The maximum Gasteiger partial charge on any atom is 0.118 e. The monoisotopic (exact) mass is 198 g/mol. The molecule has 0 aromatic carbocycles. The molecule has 0 saturated carbocycles. The molecule has 0 radical (unpaired) electrons. The Morgan fingerprint density at radius 1 is 0.846 bits per heavy atom. The second-order valence-electron chi connectivity index (χ2n) is 2.06. The van der Waals surface area contributed by atoms with Crippen LogP contribution in [0.3, 0.4) is 0 Å². The van der Waals surface area contributed by atoms with Crippen molar-refractivity contribution in [3.8, 4) is 0 Å². The third kappa shape index (κ3) is 2.38. The van der Waals surface area contributed by atoms with Gasteiger partial charge in [-0.1, -0.05) is 0 Å². The van der Waals surface area contributed by atoms with E-state index in [4.69, 9.17) is 0 Å². The van der Waals surface area contributed by atoms with Crippen LogP contribution in [0.4, 0.5) is 0 Å². The van der Waals surface area contributed by atoms with Crippen molar-refractivity contribution < 1.29 is 0 Å². The summed E-state index contributed by atoms with van der Waals surface area (Å²) in [6.07, 6.45) is 9.77. The highest BCUT2D eigenvalue weighted by Gasteiger charge is 1.83. The van der Waals surface area contributed by atoms with E-state index in [1.807, 2.05) is 0 Å². The minimum absolute atomic E-state index is 0. The molecular weight excluding hydrogens is 192 g/mol. The second kappa shape index (κ2) is 4.36. The number of rotatable bonds is 2. The minimum atomic E-state index is 0. The zero-order valence-corrected chi connectivity index (χ0v) is 7.37. The van der Waals surface area contributed by atoms with Crippen LogP contribution in [0.1, 0.15) is 0 Å². The molecule has 0 N–H and O–H groups in total. The Kier molecular flexibility index (Phi) is 3.15. The first-order valence-corrected chi connectivity index (χ1v) is 3.33. The van der Waals surface area contributed by atoms with E-state index in [-0.39, 0.29) is 12.4 Å². The lowest BCUT2D eigenvalue weighted by Gasteiger charge is -1.88. The van der Waals surface area contributed by atoms with Gasteiger partial charge < -0.3 is 0 Å². The van der Waals surface area contributed by atoms with Crippen molar-refractivity contribution in [2.75, 3.05) is 0 Å². The molecule has 0 aliphatic carbocycles. The average Bonchev–Trinajstić information content (AvgIpc) is 2.74. The Bertz CT molecular complexity index is 314. The predicted octanol–water partition coefficient (Wildman–Crippen LogP) is 1.18. The summed E-state index contributed by atoms with van der Waals surface area (Å²) in [6, 6.07) is 0. The first-order chi connectivity index (χ1) is 5.95. The Morgan fingerprint density at radius 3 is 1.62 bits per heavy atom. The fourth-order valence-corrected chi connectivity index (χ4v) is 0.702. The molecule has 68 valence electrons. The maximum atomic E-state index is 3.81. The second-order valence-corrected chi connectivity index (χ2v) is 2.06. The molecule has 0 atom stereocenters. The van der Waals surface area contributed by atoms with E-state index in [9.17, 15) is 0 Å². The van der Waals surface area contributed by atoms with Crippen molar-refractivity contribution in [1.29, 1.82) is 0 Å². The predicted molar refractivity (Wildman–Crippen MR) is 47.4 cm³/mol. The van der Waals surface area contributed by atoms with E-state index >= 15 is 0 Å². The zero-order valence-electron chi connectivity index (χ0n) is 6.56. The van der Waals surface area contributed by atoms with Gasteiger partial charge in [-0.05, 0) is 10.4 Å². The van der Waals surface area contributed by atoms with Crippen LogP contribution in [0.15, 0.2) is 47.9 Å². The van der Waals surface area contributed by atoms with Crippen LogP contribution in [0.2, 0.25) is 0 Å². The smallest absolute Gasteiger partial charge is 0.118 e. The van der Waals surface area contributed by atoms with Crippen LogP contribution >= 0.6 is 12.4 Å². The SMILES string of the molecule is Cl.c1cn(N=Nn2ccnc2)cn1. The Labute approximate surface area is 80.3 Å². The summed E-state index contributed by atoms with van der Waals surface area (Å²) in [4.78, 5) is 7.61. The van der Waals surface area contributed by atoms with Crippen LogP contribution < -0.4 is 0 Å². The van der Waals surface area contributed by atoms with Crippen LogP contribution in [0.25, 0.3) is 0 Å². The van der Waals surface area contributed by atoms with Gasteiger partial charge in [0.25, 0.3) is 0 Å².